The zero-order valence-corrected chi connectivity index (χ0v) is 13.8. The molecular weight excluding hydrogens is 314 g/mol. The van der Waals surface area contributed by atoms with E-state index in [0.717, 1.165) is 25.5 Å². The molecule has 1 heterocycles. The Labute approximate surface area is 137 Å². The largest absolute Gasteiger partial charge is 0.378 e. The predicted octanol–water partition coefficient (Wildman–Crippen LogP) is 4.28. The fourth-order valence-corrected chi connectivity index (χ4v) is 3.29. The number of fused-ring (bicyclic) bond motifs is 1. The zero-order valence-electron chi connectivity index (χ0n) is 12.2. The first kappa shape index (κ1) is 14.7. The smallest absolute Gasteiger partial charge is 0.255 e. The number of aromatic nitrogens is 1. The second-order valence-corrected chi connectivity index (χ2v) is 6.84. The number of thiazole rings is 1. The Morgan fingerprint density at radius 1 is 1.18 bits per heavy atom. The molecule has 0 saturated heterocycles. The normalized spacial score (nSPS) is 10.6. The number of hydrogen-bond donors (Lipinski definition) is 2. The Balaban J connectivity index is 1.81. The first-order valence-corrected chi connectivity index (χ1v) is 7.97. The lowest BCUT2D eigenvalue weighted by Gasteiger charge is -2.12. The molecule has 0 unspecified atom stereocenters. The van der Waals surface area contributed by atoms with Gasteiger partial charge in [0.25, 0.3) is 5.91 Å². The third kappa shape index (κ3) is 3.03. The maximum atomic E-state index is 12.3. The molecule has 0 saturated carbocycles. The highest BCUT2D eigenvalue weighted by atomic mass is 32.1. The molecule has 112 valence electrons. The number of rotatable bonds is 3. The molecule has 0 aliphatic carbocycles. The van der Waals surface area contributed by atoms with Crippen LogP contribution in [0.2, 0.25) is 0 Å². The van der Waals surface area contributed by atoms with E-state index in [1.807, 2.05) is 61.5 Å². The molecule has 1 amide bonds. The Kier molecular flexibility index (Phi) is 3.96. The van der Waals surface area contributed by atoms with Crippen molar-refractivity contribution < 1.29 is 4.79 Å². The van der Waals surface area contributed by atoms with Crippen LogP contribution in [0.15, 0.2) is 42.5 Å². The highest BCUT2D eigenvalue weighted by Crippen LogP contribution is 2.23. The van der Waals surface area contributed by atoms with Crippen LogP contribution < -0.4 is 10.2 Å². The minimum absolute atomic E-state index is 0.121. The summed E-state index contributed by atoms with van der Waals surface area (Å²) in [7, 11) is 3.94. The maximum Gasteiger partial charge on any atom is 0.255 e. The summed E-state index contributed by atoms with van der Waals surface area (Å²) in [5, 5.41) is 2.91. The molecule has 6 heteroatoms. The van der Waals surface area contributed by atoms with Crippen molar-refractivity contribution in [1.82, 2.24) is 4.98 Å². The third-order valence-corrected chi connectivity index (χ3v) is 4.52. The number of anilines is 2. The topological polar surface area (TPSA) is 48.1 Å². The van der Waals surface area contributed by atoms with Crippen molar-refractivity contribution in [3.05, 3.63) is 52.0 Å². The quantitative estimate of drug-likeness (QED) is 0.705. The minimum atomic E-state index is -0.121. The number of carbonyl (C=O) groups is 1. The summed E-state index contributed by atoms with van der Waals surface area (Å²) >= 11 is 6.62. The fourth-order valence-electron chi connectivity index (χ4n) is 2.14. The van der Waals surface area contributed by atoms with E-state index in [4.69, 9.17) is 12.2 Å². The van der Waals surface area contributed by atoms with Crippen molar-refractivity contribution in [2.24, 2.45) is 0 Å². The second-order valence-electron chi connectivity index (χ2n) is 5.12. The standard InChI is InChI=1S/C16H15N3OS2/c1-19(2)12-6-3-10(4-7-12)15(20)17-11-5-8-13-14(9-11)22-16(21)18-13/h3-9H,1-2H3,(H,17,20)(H,18,21). The molecule has 0 fully saturated rings. The number of H-pyrrole nitrogens is 1. The predicted molar refractivity (Wildman–Crippen MR) is 95.7 cm³/mol. The first-order chi connectivity index (χ1) is 10.5. The van der Waals surface area contributed by atoms with Gasteiger partial charge in [-0.2, -0.15) is 0 Å². The molecule has 0 spiro atoms. The van der Waals surface area contributed by atoms with Gasteiger partial charge >= 0.3 is 0 Å². The molecule has 4 nitrogen and oxygen atoms in total. The van der Waals surface area contributed by atoms with Crippen LogP contribution in [0.25, 0.3) is 10.2 Å². The summed E-state index contributed by atoms with van der Waals surface area (Å²) in [4.78, 5) is 17.4. The lowest BCUT2D eigenvalue weighted by molar-refractivity contribution is 0.102. The fraction of sp³-hybridized carbons (Fsp3) is 0.125. The van der Waals surface area contributed by atoms with Crippen molar-refractivity contribution in [1.29, 1.82) is 0 Å². The van der Waals surface area contributed by atoms with E-state index in [0.29, 0.717) is 5.56 Å². The number of carbonyl (C=O) groups excluding carboxylic acids is 1. The van der Waals surface area contributed by atoms with E-state index in [2.05, 4.69) is 10.3 Å². The Hall–Kier alpha value is -2.18. The van der Waals surface area contributed by atoms with Gasteiger partial charge in [-0.25, -0.2) is 0 Å². The van der Waals surface area contributed by atoms with E-state index in [9.17, 15) is 4.79 Å². The molecule has 22 heavy (non-hydrogen) atoms. The summed E-state index contributed by atoms with van der Waals surface area (Å²) in [6.07, 6.45) is 0. The molecule has 3 rings (SSSR count). The van der Waals surface area contributed by atoms with E-state index in [1.54, 1.807) is 0 Å². The van der Waals surface area contributed by atoms with Gasteiger partial charge < -0.3 is 15.2 Å². The van der Waals surface area contributed by atoms with Crippen LogP contribution in [0, 0.1) is 3.95 Å². The van der Waals surface area contributed by atoms with Gasteiger partial charge in [0, 0.05) is 31.0 Å². The monoisotopic (exact) mass is 329 g/mol. The number of benzene rings is 2. The second kappa shape index (κ2) is 5.90. The van der Waals surface area contributed by atoms with Crippen molar-refractivity contribution in [3.8, 4) is 0 Å². The third-order valence-electron chi connectivity index (χ3n) is 3.32. The van der Waals surface area contributed by atoms with Gasteiger partial charge in [-0.3, -0.25) is 4.79 Å². The molecular formula is C16H15N3OS2. The van der Waals surface area contributed by atoms with Gasteiger partial charge in [-0.05, 0) is 54.7 Å². The van der Waals surface area contributed by atoms with Gasteiger partial charge in [0.05, 0.1) is 10.2 Å². The van der Waals surface area contributed by atoms with E-state index < -0.39 is 0 Å². The maximum absolute atomic E-state index is 12.3. The Morgan fingerprint density at radius 3 is 2.59 bits per heavy atom. The summed E-state index contributed by atoms with van der Waals surface area (Å²) in [6, 6.07) is 13.2. The molecule has 0 aliphatic heterocycles. The van der Waals surface area contributed by atoms with Crippen molar-refractivity contribution >= 4 is 51.1 Å². The Bertz CT molecular complexity index is 878. The molecule has 0 bridgehead atoms. The van der Waals surface area contributed by atoms with Crippen LogP contribution in [-0.2, 0) is 0 Å². The lowest BCUT2D eigenvalue weighted by atomic mass is 10.2. The van der Waals surface area contributed by atoms with Crippen LogP contribution in [0.4, 0.5) is 11.4 Å². The first-order valence-electron chi connectivity index (χ1n) is 6.74. The van der Waals surface area contributed by atoms with E-state index in [-0.39, 0.29) is 5.91 Å². The highest BCUT2D eigenvalue weighted by Gasteiger charge is 2.07. The molecule has 1 aromatic heterocycles. The number of aromatic amines is 1. The van der Waals surface area contributed by atoms with Crippen molar-refractivity contribution in [2.75, 3.05) is 24.3 Å². The number of amides is 1. The zero-order chi connectivity index (χ0) is 15.7. The number of nitrogens with one attached hydrogen (secondary N) is 2. The van der Waals surface area contributed by atoms with Crippen molar-refractivity contribution in [2.45, 2.75) is 0 Å². The summed E-state index contributed by atoms with van der Waals surface area (Å²) in [6.45, 7) is 0. The minimum Gasteiger partial charge on any atom is -0.378 e. The molecule has 0 atom stereocenters. The van der Waals surface area contributed by atoms with Crippen LogP contribution in [0.5, 0.6) is 0 Å². The molecule has 0 radical (unpaired) electrons. The molecule has 3 aromatic rings. The summed E-state index contributed by atoms with van der Waals surface area (Å²) < 4.78 is 1.77. The van der Waals surface area contributed by atoms with Crippen LogP contribution >= 0.6 is 23.6 Å². The summed E-state index contributed by atoms with van der Waals surface area (Å²) in [5.74, 6) is -0.121. The Morgan fingerprint density at radius 2 is 1.91 bits per heavy atom. The lowest BCUT2D eigenvalue weighted by Crippen LogP contribution is -2.13. The van der Waals surface area contributed by atoms with Gasteiger partial charge in [-0.15, -0.1) is 11.3 Å². The van der Waals surface area contributed by atoms with Gasteiger partial charge in [0.2, 0.25) is 0 Å². The average molecular weight is 329 g/mol. The van der Waals surface area contributed by atoms with E-state index >= 15 is 0 Å². The summed E-state index contributed by atoms with van der Waals surface area (Å²) in [5.41, 5.74) is 3.44. The van der Waals surface area contributed by atoms with E-state index in [1.165, 1.54) is 11.3 Å². The van der Waals surface area contributed by atoms with Crippen LogP contribution in [-0.4, -0.2) is 25.0 Å². The van der Waals surface area contributed by atoms with Crippen molar-refractivity contribution in [3.63, 3.8) is 0 Å². The van der Waals surface area contributed by atoms with Crippen LogP contribution in [0.3, 0.4) is 0 Å². The molecule has 2 N–H and O–H groups in total. The SMILES string of the molecule is CN(C)c1ccc(C(=O)Nc2ccc3[nH]c(=S)sc3c2)cc1. The van der Waals surface area contributed by atoms with Crippen LogP contribution in [0.1, 0.15) is 10.4 Å². The average Bonchev–Trinajstić information content (AvgIpc) is 2.86. The molecule has 2 aromatic carbocycles. The number of nitrogens with zero attached hydrogens (tertiary/aromatic N) is 1. The van der Waals surface area contributed by atoms with Gasteiger partial charge in [-0.1, -0.05) is 0 Å². The van der Waals surface area contributed by atoms with Gasteiger partial charge in [0.15, 0.2) is 3.95 Å². The number of hydrogen-bond acceptors (Lipinski definition) is 4. The molecule has 0 aliphatic rings. The van der Waals surface area contributed by atoms with Gasteiger partial charge in [0.1, 0.15) is 0 Å². The highest BCUT2D eigenvalue weighted by molar-refractivity contribution is 7.73.